The summed E-state index contributed by atoms with van der Waals surface area (Å²) < 4.78 is 84.1. The second kappa shape index (κ2) is 8.12. The van der Waals surface area contributed by atoms with E-state index in [1.807, 2.05) is 0 Å². The second-order valence-electron chi connectivity index (χ2n) is 6.17. The van der Waals surface area contributed by atoms with Gasteiger partial charge in [0.25, 0.3) is 10.0 Å². The van der Waals surface area contributed by atoms with Crippen molar-refractivity contribution in [3.8, 4) is 16.9 Å². The molecule has 4 nitrogen and oxygen atoms in total. The third kappa shape index (κ3) is 5.05. The third-order valence-electron chi connectivity index (χ3n) is 3.97. The molecule has 0 fully saturated rings. The molecule has 0 aliphatic rings. The van der Waals surface area contributed by atoms with E-state index in [-0.39, 0.29) is 21.7 Å². The quantitative estimate of drug-likeness (QED) is 0.542. The Hall–Kier alpha value is -3.07. The summed E-state index contributed by atoms with van der Waals surface area (Å²) in [4.78, 5) is -0.0636. The first-order valence-corrected chi connectivity index (χ1v) is 9.77. The van der Waals surface area contributed by atoms with Gasteiger partial charge in [0, 0.05) is 6.07 Å². The number of rotatable bonds is 6. The van der Waals surface area contributed by atoms with Crippen molar-refractivity contribution in [2.45, 2.75) is 18.4 Å². The van der Waals surface area contributed by atoms with Crippen LogP contribution in [0.25, 0.3) is 11.1 Å². The highest BCUT2D eigenvalue weighted by molar-refractivity contribution is 7.92. The SMILES string of the molecule is Cc1ccc(S(=O)(=O)Nc2cc(-c3cc(F)cc(OC(F)F)c3)ccc2F)cc1. The summed E-state index contributed by atoms with van der Waals surface area (Å²) in [6.45, 7) is -1.35. The van der Waals surface area contributed by atoms with Crippen LogP contribution in [0.5, 0.6) is 5.75 Å². The molecule has 0 aromatic heterocycles. The summed E-state index contributed by atoms with van der Waals surface area (Å²) in [5.41, 5.74) is 0.789. The molecule has 9 heteroatoms. The lowest BCUT2D eigenvalue weighted by Gasteiger charge is -2.12. The van der Waals surface area contributed by atoms with Crippen molar-refractivity contribution >= 4 is 15.7 Å². The van der Waals surface area contributed by atoms with E-state index in [2.05, 4.69) is 9.46 Å². The molecule has 3 aromatic carbocycles. The van der Waals surface area contributed by atoms with E-state index in [0.717, 1.165) is 35.9 Å². The van der Waals surface area contributed by atoms with Crippen LogP contribution in [0, 0.1) is 18.6 Å². The topological polar surface area (TPSA) is 55.4 Å². The molecule has 0 atom stereocenters. The molecule has 152 valence electrons. The zero-order valence-electron chi connectivity index (χ0n) is 15.0. The lowest BCUT2D eigenvalue weighted by Crippen LogP contribution is -2.14. The maximum absolute atomic E-state index is 14.2. The molecule has 1 N–H and O–H groups in total. The van der Waals surface area contributed by atoms with Crippen LogP contribution < -0.4 is 9.46 Å². The molecule has 0 aliphatic heterocycles. The molecule has 0 aliphatic carbocycles. The van der Waals surface area contributed by atoms with Gasteiger partial charge in [0.15, 0.2) is 0 Å². The average molecular weight is 425 g/mol. The predicted octanol–water partition coefficient (Wildman–Crippen LogP) is 5.34. The Kier molecular flexibility index (Phi) is 5.78. The second-order valence-corrected chi connectivity index (χ2v) is 7.85. The van der Waals surface area contributed by atoms with Crippen molar-refractivity contribution in [2.75, 3.05) is 4.72 Å². The minimum atomic E-state index is -4.07. The van der Waals surface area contributed by atoms with Crippen molar-refractivity contribution in [2.24, 2.45) is 0 Å². The normalized spacial score (nSPS) is 11.5. The summed E-state index contributed by atoms with van der Waals surface area (Å²) in [6.07, 6.45) is 0. The summed E-state index contributed by atoms with van der Waals surface area (Å²) >= 11 is 0. The van der Waals surface area contributed by atoms with Gasteiger partial charge in [-0.25, -0.2) is 17.2 Å². The fraction of sp³-hybridized carbons (Fsp3) is 0.100. The van der Waals surface area contributed by atoms with Gasteiger partial charge in [-0.1, -0.05) is 23.8 Å². The Labute approximate surface area is 164 Å². The standard InChI is InChI=1S/C20H15F4NO3S/c1-12-2-5-17(6-3-12)29(26,27)25-19-10-13(4-7-18(19)22)14-8-15(21)11-16(9-14)28-20(23)24/h2-11,20,25H,1H3. The maximum Gasteiger partial charge on any atom is 0.387 e. The fourth-order valence-electron chi connectivity index (χ4n) is 2.60. The summed E-state index contributed by atoms with van der Waals surface area (Å²) in [6, 6.07) is 12.3. The van der Waals surface area contributed by atoms with Gasteiger partial charge in [-0.15, -0.1) is 0 Å². The highest BCUT2D eigenvalue weighted by Crippen LogP contribution is 2.30. The maximum atomic E-state index is 14.2. The van der Waals surface area contributed by atoms with Gasteiger partial charge in [0.2, 0.25) is 0 Å². The average Bonchev–Trinajstić information content (AvgIpc) is 2.62. The number of sulfonamides is 1. The van der Waals surface area contributed by atoms with Crippen LogP contribution in [0.2, 0.25) is 0 Å². The predicted molar refractivity (Wildman–Crippen MR) is 100 cm³/mol. The van der Waals surface area contributed by atoms with Crippen molar-refractivity contribution in [1.82, 2.24) is 0 Å². The zero-order chi connectivity index (χ0) is 21.2. The van der Waals surface area contributed by atoms with Crippen LogP contribution in [0.3, 0.4) is 0 Å². The van der Waals surface area contributed by atoms with Gasteiger partial charge in [-0.2, -0.15) is 8.78 Å². The van der Waals surface area contributed by atoms with E-state index < -0.39 is 34.0 Å². The van der Waals surface area contributed by atoms with Gasteiger partial charge >= 0.3 is 6.61 Å². The van der Waals surface area contributed by atoms with Crippen LogP contribution in [0.4, 0.5) is 23.2 Å². The molecular weight excluding hydrogens is 410 g/mol. The first-order valence-electron chi connectivity index (χ1n) is 8.29. The minimum absolute atomic E-state index is 0.0636. The first-order chi connectivity index (χ1) is 13.6. The van der Waals surface area contributed by atoms with Gasteiger partial charge in [0.05, 0.1) is 10.6 Å². The highest BCUT2D eigenvalue weighted by Gasteiger charge is 2.17. The highest BCUT2D eigenvalue weighted by atomic mass is 32.2. The number of aryl methyl sites for hydroxylation is 1. The number of nitrogens with one attached hydrogen (secondary N) is 1. The largest absolute Gasteiger partial charge is 0.435 e. The van der Waals surface area contributed by atoms with Gasteiger partial charge in [0.1, 0.15) is 17.4 Å². The number of hydrogen-bond acceptors (Lipinski definition) is 3. The van der Waals surface area contributed by atoms with Gasteiger partial charge < -0.3 is 4.74 Å². The van der Waals surface area contributed by atoms with Crippen LogP contribution >= 0.6 is 0 Å². The fourth-order valence-corrected chi connectivity index (χ4v) is 3.66. The Bertz CT molecular complexity index is 1130. The zero-order valence-corrected chi connectivity index (χ0v) is 15.8. The molecule has 0 heterocycles. The molecule has 0 unspecified atom stereocenters. The molecule has 0 amide bonds. The van der Waals surface area contributed by atoms with Crippen LogP contribution in [0.1, 0.15) is 5.56 Å². The smallest absolute Gasteiger partial charge is 0.387 e. The number of anilines is 1. The van der Waals surface area contributed by atoms with E-state index in [1.54, 1.807) is 19.1 Å². The van der Waals surface area contributed by atoms with E-state index in [9.17, 15) is 26.0 Å². The molecule has 0 saturated heterocycles. The Morgan fingerprint density at radius 1 is 0.897 bits per heavy atom. The molecule has 0 saturated carbocycles. The Balaban J connectivity index is 1.97. The third-order valence-corrected chi connectivity index (χ3v) is 5.35. The number of benzene rings is 3. The van der Waals surface area contributed by atoms with Crippen molar-refractivity contribution in [1.29, 1.82) is 0 Å². The molecule has 0 spiro atoms. The van der Waals surface area contributed by atoms with Crippen molar-refractivity contribution in [3.63, 3.8) is 0 Å². The molecule has 3 aromatic rings. The van der Waals surface area contributed by atoms with E-state index >= 15 is 0 Å². The molecule has 0 bridgehead atoms. The van der Waals surface area contributed by atoms with Crippen molar-refractivity contribution in [3.05, 3.63) is 77.9 Å². The number of hydrogen-bond donors (Lipinski definition) is 1. The summed E-state index contributed by atoms with van der Waals surface area (Å²) in [5, 5.41) is 0. The van der Waals surface area contributed by atoms with Gasteiger partial charge in [-0.3, -0.25) is 4.72 Å². The summed E-state index contributed by atoms with van der Waals surface area (Å²) in [7, 11) is -4.07. The lowest BCUT2D eigenvalue weighted by atomic mass is 10.0. The van der Waals surface area contributed by atoms with Crippen LogP contribution in [-0.4, -0.2) is 15.0 Å². The minimum Gasteiger partial charge on any atom is -0.435 e. The number of alkyl halides is 2. The summed E-state index contributed by atoms with van der Waals surface area (Å²) in [5.74, 6) is -2.12. The van der Waals surface area contributed by atoms with Gasteiger partial charge in [-0.05, 0) is 54.4 Å². The molecule has 3 rings (SSSR count). The Morgan fingerprint density at radius 3 is 2.24 bits per heavy atom. The van der Waals surface area contributed by atoms with E-state index in [0.29, 0.717) is 0 Å². The monoisotopic (exact) mass is 425 g/mol. The first kappa shape index (κ1) is 20.7. The van der Waals surface area contributed by atoms with Crippen LogP contribution in [0.15, 0.2) is 65.6 Å². The van der Waals surface area contributed by atoms with Crippen LogP contribution in [-0.2, 0) is 10.0 Å². The molecule has 29 heavy (non-hydrogen) atoms. The number of ether oxygens (including phenoxy) is 1. The van der Waals surface area contributed by atoms with Crippen molar-refractivity contribution < 1.29 is 30.7 Å². The van der Waals surface area contributed by atoms with E-state index in [1.165, 1.54) is 18.2 Å². The molecule has 0 radical (unpaired) electrons. The Morgan fingerprint density at radius 2 is 1.59 bits per heavy atom. The number of halogens is 4. The molecular formula is C20H15F4NO3S. The van der Waals surface area contributed by atoms with E-state index in [4.69, 9.17) is 0 Å². The lowest BCUT2D eigenvalue weighted by molar-refractivity contribution is -0.0499.